The van der Waals surface area contributed by atoms with E-state index in [2.05, 4.69) is 4.98 Å². The number of aromatic nitrogens is 1. The normalized spacial score (nSPS) is 15.5. The molecule has 0 aliphatic heterocycles. The van der Waals surface area contributed by atoms with Crippen LogP contribution in [0.25, 0.3) is 0 Å². The third kappa shape index (κ3) is 5.53. The highest BCUT2D eigenvalue weighted by Gasteiger charge is 2.75. The first-order valence-electron chi connectivity index (χ1n) is 13.5. The largest absolute Gasteiger partial charge is 0.465 e. The number of hydrogen-bond donors (Lipinski definition) is 0. The van der Waals surface area contributed by atoms with Crippen molar-refractivity contribution < 1.29 is 51.7 Å². The number of hydrogen-bond acceptors (Lipinski definition) is 12. The van der Waals surface area contributed by atoms with E-state index in [1.54, 1.807) is 27.7 Å². The van der Waals surface area contributed by atoms with E-state index in [1.165, 1.54) is 27.7 Å². The minimum Gasteiger partial charge on any atom is -0.465 e. The van der Waals surface area contributed by atoms with Gasteiger partial charge in [-0.3, -0.25) is 23.7 Å². The molecule has 0 bridgehead atoms. The lowest BCUT2D eigenvalue weighted by atomic mass is 9.53. The van der Waals surface area contributed by atoms with Gasteiger partial charge in [-0.1, -0.05) is 0 Å². The molecule has 0 aromatic carbocycles. The van der Waals surface area contributed by atoms with Crippen LogP contribution in [0, 0.1) is 24.7 Å². The SMILES string of the molecule is CCOC(=O)C1(C(=O)OCC)Cc2c(C)nc(P(=O)(OCC)OCC)c(C)c2CC1(C(=O)OCC)C(=O)OCC. The lowest BCUT2D eigenvalue weighted by molar-refractivity contribution is -0.204. The zero-order valence-corrected chi connectivity index (χ0v) is 25.4. The fourth-order valence-corrected chi connectivity index (χ4v) is 6.95. The molecule has 0 unspecified atom stereocenters. The van der Waals surface area contributed by atoms with Crippen molar-refractivity contribution in [1.82, 2.24) is 4.98 Å². The highest BCUT2D eigenvalue weighted by Crippen LogP contribution is 2.55. The van der Waals surface area contributed by atoms with Gasteiger partial charge in [0.1, 0.15) is 0 Å². The van der Waals surface area contributed by atoms with Gasteiger partial charge in [0.15, 0.2) is 16.3 Å². The van der Waals surface area contributed by atoms with Gasteiger partial charge in [-0.25, -0.2) is 4.98 Å². The van der Waals surface area contributed by atoms with Crippen LogP contribution in [0.5, 0.6) is 0 Å². The Morgan fingerprint density at radius 3 is 1.32 bits per heavy atom. The third-order valence-electron chi connectivity index (χ3n) is 6.83. The van der Waals surface area contributed by atoms with Gasteiger partial charge in [-0.15, -0.1) is 0 Å². The molecule has 1 aliphatic carbocycles. The number of nitrogens with zero attached hydrogens (tertiary/aromatic N) is 1. The van der Waals surface area contributed by atoms with Crippen molar-refractivity contribution in [3.63, 3.8) is 0 Å². The lowest BCUT2D eigenvalue weighted by Gasteiger charge is -2.46. The smallest absolute Gasteiger partial charge is 0.379 e. The predicted molar refractivity (Wildman–Crippen MR) is 143 cm³/mol. The Bertz CT molecular complexity index is 1130. The maximum Gasteiger partial charge on any atom is 0.379 e. The second kappa shape index (κ2) is 13.7. The maximum atomic E-state index is 13.9. The molecule has 224 valence electrons. The molecule has 1 heterocycles. The molecular formula is C27H40NO11P. The molecule has 0 N–H and O–H groups in total. The number of pyridine rings is 1. The number of esters is 4. The Hall–Kier alpha value is -2.82. The van der Waals surface area contributed by atoms with Crippen LogP contribution in [0.3, 0.4) is 0 Å². The first-order valence-corrected chi connectivity index (χ1v) is 15.0. The van der Waals surface area contributed by atoms with Crippen molar-refractivity contribution in [3.8, 4) is 0 Å². The summed E-state index contributed by atoms with van der Waals surface area (Å²) < 4.78 is 46.2. The number of aryl methyl sites for hydroxylation is 1. The first kappa shape index (κ1) is 33.4. The van der Waals surface area contributed by atoms with Crippen LogP contribution in [-0.4, -0.2) is 68.5 Å². The molecule has 1 aromatic heterocycles. The summed E-state index contributed by atoms with van der Waals surface area (Å²) in [6.07, 6.45) is -0.997. The van der Waals surface area contributed by atoms with Gasteiger partial charge in [0, 0.05) is 18.5 Å². The highest BCUT2D eigenvalue weighted by molar-refractivity contribution is 7.62. The number of carbonyl (C=O) groups is 4. The van der Waals surface area contributed by atoms with Crippen LogP contribution in [0.2, 0.25) is 0 Å². The quantitative estimate of drug-likeness (QED) is 0.145. The number of ether oxygens (including phenoxy) is 4. The highest BCUT2D eigenvalue weighted by atomic mass is 31.2. The minimum atomic E-state index is -3.92. The predicted octanol–water partition coefficient (Wildman–Crippen LogP) is 2.91. The van der Waals surface area contributed by atoms with Gasteiger partial charge < -0.3 is 28.0 Å². The molecule has 0 spiro atoms. The molecule has 1 aliphatic rings. The first-order chi connectivity index (χ1) is 18.9. The maximum absolute atomic E-state index is 13.9. The Morgan fingerprint density at radius 2 is 1.00 bits per heavy atom. The summed E-state index contributed by atoms with van der Waals surface area (Å²) in [5, 5.41) is 0. The van der Waals surface area contributed by atoms with Crippen molar-refractivity contribution in [2.24, 2.45) is 10.8 Å². The van der Waals surface area contributed by atoms with Gasteiger partial charge in [-0.2, -0.15) is 0 Å². The average molecular weight is 586 g/mol. The standard InChI is InChI=1S/C27H40NO11P/c1-9-34-22(29)26(23(30)35-10-2)15-19-17(7)21(40(33,38-13-5)39-14-6)28-18(8)20(19)16-27(26,24(31)36-11-3)25(32)37-12-4/h9-16H2,1-8H3. The zero-order chi connectivity index (χ0) is 30.3. The van der Waals surface area contributed by atoms with Crippen molar-refractivity contribution in [2.45, 2.75) is 68.2 Å². The molecule has 12 nitrogen and oxygen atoms in total. The van der Waals surface area contributed by atoms with E-state index in [-0.39, 0.29) is 45.1 Å². The molecule has 40 heavy (non-hydrogen) atoms. The second-order valence-corrected chi connectivity index (χ2v) is 10.9. The summed E-state index contributed by atoms with van der Waals surface area (Å²) in [6.45, 7) is 12.2. The topological polar surface area (TPSA) is 154 Å². The molecule has 0 saturated carbocycles. The van der Waals surface area contributed by atoms with Gasteiger partial charge in [-0.05, 0) is 72.1 Å². The summed E-state index contributed by atoms with van der Waals surface area (Å²) in [6, 6.07) is 0. The van der Waals surface area contributed by atoms with E-state index in [0.717, 1.165) is 0 Å². The van der Waals surface area contributed by atoms with Crippen LogP contribution in [0.4, 0.5) is 0 Å². The van der Waals surface area contributed by atoms with Crippen molar-refractivity contribution >= 4 is 36.9 Å². The molecule has 0 radical (unpaired) electrons. The van der Waals surface area contributed by atoms with E-state index in [0.29, 0.717) is 22.4 Å². The van der Waals surface area contributed by atoms with E-state index in [1.807, 2.05) is 0 Å². The summed E-state index contributed by atoms with van der Waals surface area (Å²) in [5.41, 5.74) is -3.62. The van der Waals surface area contributed by atoms with Gasteiger partial charge >= 0.3 is 31.5 Å². The van der Waals surface area contributed by atoms with E-state index >= 15 is 0 Å². The van der Waals surface area contributed by atoms with Gasteiger partial charge in [0.25, 0.3) is 0 Å². The summed E-state index contributed by atoms with van der Waals surface area (Å²) in [7, 11) is -3.92. The monoisotopic (exact) mass is 585 g/mol. The Kier molecular flexibility index (Phi) is 11.4. The summed E-state index contributed by atoms with van der Waals surface area (Å²) >= 11 is 0. The molecule has 2 rings (SSSR count). The van der Waals surface area contributed by atoms with Crippen LogP contribution in [-0.2, 0) is 64.6 Å². The van der Waals surface area contributed by atoms with E-state index in [9.17, 15) is 23.7 Å². The van der Waals surface area contributed by atoms with Crippen LogP contribution < -0.4 is 5.44 Å². The van der Waals surface area contributed by atoms with Gasteiger partial charge in [0.2, 0.25) is 0 Å². The lowest BCUT2D eigenvalue weighted by Crippen LogP contribution is -2.66. The molecule has 13 heteroatoms. The fraction of sp³-hybridized carbons (Fsp3) is 0.667. The Morgan fingerprint density at radius 1 is 0.650 bits per heavy atom. The van der Waals surface area contributed by atoms with Crippen molar-refractivity contribution in [1.29, 1.82) is 0 Å². The molecule has 0 atom stereocenters. The summed E-state index contributed by atoms with van der Waals surface area (Å²) in [5.74, 6) is -4.55. The van der Waals surface area contributed by atoms with Crippen molar-refractivity contribution in [2.75, 3.05) is 39.6 Å². The molecule has 0 amide bonds. The second-order valence-electron chi connectivity index (χ2n) is 8.98. The Labute approximate surface area is 234 Å². The zero-order valence-electron chi connectivity index (χ0n) is 24.5. The van der Waals surface area contributed by atoms with E-state index in [4.69, 9.17) is 28.0 Å². The fourth-order valence-electron chi connectivity index (χ4n) is 5.13. The summed E-state index contributed by atoms with van der Waals surface area (Å²) in [4.78, 5) is 60.0. The van der Waals surface area contributed by atoms with E-state index < -0.39 is 55.1 Å². The van der Waals surface area contributed by atoms with Gasteiger partial charge in [0.05, 0.1) is 39.6 Å². The number of rotatable bonds is 13. The molecule has 1 aromatic rings. The number of fused-ring (bicyclic) bond motifs is 1. The minimum absolute atomic E-state index is 0.00818. The van der Waals surface area contributed by atoms with Crippen LogP contribution in [0.15, 0.2) is 0 Å². The van der Waals surface area contributed by atoms with Crippen molar-refractivity contribution in [3.05, 3.63) is 22.4 Å². The third-order valence-corrected chi connectivity index (χ3v) is 8.98. The molecule has 0 saturated heterocycles. The molecular weight excluding hydrogens is 545 g/mol. The molecule has 0 fully saturated rings. The Balaban J connectivity index is 3.12. The number of carbonyl (C=O) groups excluding carboxylic acids is 4. The van der Waals surface area contributed by atoms with Crippen LogP contribution >= 0.6 is 7.60 Å². The average Bonchev–Trinajstić information content (AvgIpc) is 2.90. The van der Waals surface area contributed by atoms with Crippen LogP contribution in [0.1, 0.15) is 63.9 Å².